The number of rotatable bonds is 37. The first-order valence-corrected chi connectivity index (χ1v) is 23.2. The zero-order valence-corrected chi connectivity index (χ0v) is 39.7. The number of nitrogens with one attached hydrogen (secondary N) is 5. The third-order valence-corrected chi connectivity index (χ3v) is 11.3. The van der Waals surface area contributed by atoms with Gasteiger partial charge < -0.3 is 67.1 Å². The van der Waals surface area contributed by atoms with Gasteiger partial charge in [0.05, 0.1) is 23.8 Å². The molecule has 25 heteroatoms. The van der Waals surface area contributed by atoms with Crippen LogP contribution in [0.3, 0.4) is 0 Å². The predicted octanol–water partition coefficient (Wildman–Crippen LogP) is -2.19. The molecule has 0 aromatic heterocycles. The SMILES string of the molecule is CC(=O)NCSC[C@@H](C)C(=O)C[C@H](C)C(=O)N[C@H](CCCN=C(N)N)C(=O)C[C@H](CCCN=C(N)N)C(=O)N[C@H](CCCN=C(N)N)C(=O)C[C@H](C)C(=O)N[C@H](CCCCC(=N)N)C(N)=O. The van der Waals surface area contributed by atoms with E-state index in [1.807, 2.05) is 0 Å². The monoisotopic (exact) mass is 953 g/mol. The first-order chi connectivity index (χ1) is 30.9. The lowest BCUT2D eigenvalue weighted by molar-refractivity contribution is -0.135. The number of unbranched alkanes of at least 4 members (excludes halogenated alkanes) is 1. The van der Waals surface area contributed by atoms with E-state index < -0.39 is 77.0 Å². The van der Waals surface area contributed by atoms with Gasteiger partial charge in [-0.15, -0.1) is 11.8 Å². The Morgan fingerprint density at radius 3 is 1.41 bits per heavy atom. The lowest BCUT2D eigenvalue weighted by Gasteiger charge is -2.25. The van der Waals surface area contributed by atoms with Crippen molar-refractivity contribution in [2.24, 2.45) is 84.5 Å². The fourth-order valence-corrected chi connectivity index (χ4v) is 7.33. The van der Waals surface area contributed by atoms with E-state index in [-0.39, 0.29) is 119 Å². The van der Waals surface area contributed by atoms with Crippen LogP contribution in [-0.2, 0) is 38.4 Å². The van der Waals surface area contributed by atoms with Gasteiger partial charge in [-0.25, -0.2) is 0 Å². The molecule has 0 saturated carbocycles. The first-order valence-electron chi connectivity index (χ1n) is 22.0. The molecule has 0 spiro atoms. The highest BCUT2D eigenvalue weighted by atomic mass is 32.2. The van der Waals surface area contributed by atoms with Crippen molar-refractivity contribution in [2.45, 2.75) is 129 Å². The third-order valence-electron chi connectivity index (χ3n) is 10.2. The Bertz CT molecular complexity index is 1720. The molecular weight excluding hydrogens is 877 g/mol. The van der Waals surface area contributed by atoms with Crippen LogP contribution >= 0.6 is 11.8 Å². The Labute approximate surface area is 391 Å². The Hall–Kier alpha value is -6.01. The summed E-state index contributed by atoms with van der Waals surface area (Å²) >= 11 is 1.37. The second-order valence-corrected chi connectivity index (χ2v) is 17.4. The van der Waals surface area contributed by atoms with Crippen LogP contribution in [0.5, 0.6) is 0 Å². The molecule has 0 fully saturated rings. The molecule has 0 aromatic carbocycles. The molecule has 0 radical (unpaired) electrons. The van der Waals surface area contributed by atoms with Gasteiger partial charge in [-0.3, -0.25) is 58.7 Å². The third kappa shape index (κ3) is 28.7. The summed E-state index contributed by atoms with van der Waals surface area (Å²) in [6, 6.07) is -3.30. The van der Waals surface area contributed by atoms with Crippen LogP contribution in [0, 0.1) is 29.1 Å². The zero-order chi connectivity index (χ0) is 50.4. The van der Waals surface area contributed by atoms with Crippen molar-refractivity contribution in [1.82, 2.24) is 21.3 Å². The molecule has 0 aliphatic heterocycles. The summed E-state index contributed by atoms with van der Waals surface area (Å²) < 4.78 is 0. The van der Waals surface area contributed by atoms with Crippen molar-refractivity contribution < 1.29 is 38.4 Å². The number of hydrogen-bond donors (Lipinski definition) is 13. The summed E-state index contributed by atoms with van der Waals surface area (Å²) in [5, 5.41) is 18.1. The smallest absolute Gasteiger partial charge is 0.239 e. The van der Waals surface area contributed by atoms with E-state index in [4.69, 9.17) is 51.3 Å². The Kier molecular flexibility index (Phi) is 30.4. The van der Waals surface area contributed by atoms with Crippen LogP contribution in [0.2, 0.25) is 0 Å². The van der Waals surface area contributed by atoms with Crippen LogP contribution in [0.15, 0.2) is 15.0 Å². The molecule has 0 rings (SSSR count). The van der Waals surface area contributed by atoms with E-state index in [0.717, 1.165) is 0 Å². The molecule has 21 N–H and O–H groups in total. The highest BCUT2D eigenvalue weighted by molar-refractivity contribution is 7.99. The summed E-state index contributed by atoms with van der Waals surface area (Å²) in [5.74, 6) is -7.03. The number of nitrogens with two attached hydrogens (primary N) is 8. The molecule has 5 amide bonds. The minimum Gasteiger partial charge on any atom is -0.388 e. The van der Waals surface area contributed by atoms with E-state index in [0.29, 0.717) is 30.9 Å². The Morgan fingerprint density at radius 1 is 0.530 bits per heavy atom. The number of nitrogens with zero attached hydrogens (tertiary/aromatic N) is 3. The van der Waals surface area contributed by atoms with E-state index >= 15 is 0 Å². The maximum Gasteiger partial charge on any atom is 0.239 e. The number of amides is 5. The van der Waals surface area contributed by atoms with Crippen LogP contribution < -0.4 is 67.1 Å². The molecule has 0 bridgehead atoms. The molecule has 374 valence electrons. The topological polar surface area (TPSA) is 454 Å². The van der Waals surface area contributed by atoms with Gasteiger partial charge in [0.2, 0.25) is 29.5 Å². The van der Waals surface area contributed by atoms with Crippen molar-refractivity contribution in [3.05, 3.63) is 0 Å². The van der Waals surface area contributed by atoms with E-state index in [1.165, 1.54) is 25.6 Å². The number of ketones is 3. The molecule has 0 unspecified atom stereocenters. The maximum atomic E-state index is 14.2. The summed E-state index contributed by atoms with van der Waals surface area (Å²) in [6.07, 6.45) is 1.62. The van der Waals surface area contributed by atoms with Gasteiger partial charge in [0.25, 0.3) is 0 Å². The fourth-order valence-electron chi connectivity index (χ4n) is 6.37. The van der Waals surface area contributed by atoms with E-state index in [2.05, 4.69) is 36.2 Å². The average Bonchev–Trinajstić information content (AvgIpc) is 3.22. The van der Waals surface area contributed by atoms with Gasteiger partial charge in [-0.05, 0) is 51.4 Å². The first kappa shape index (κ1) is 60.0. The molecule has 0 heterocycles. The van der Waals surface area contributed by atoms with Crippen LogP contribution in [0.4, 0.5) is 0 Å². The molecule has 0 saturated heterocycles. The van der Waals surface area contributed by atoms with Gasteiger partial charge in [0, 0.05) is 81.7 Å². The van der Waals surface area contributed by atoms with Gasteiger partial charge in [-0.1, -0.05) is 27.2 Å². The van der Waals surface area contributed by atoms with Gasteiger partial charge in [-0.2, -0.15) is 0 Å². The summed E-state index contributed by atoms with van der Waals surface area (Å²) in [4.78, 5) is 117. The minimum absolute atomic E-state index is 0.00981. The molecule has 0 aliphatic rings. The van der Waals surface area contributed by atoms with Gasteiger partial charge >= 0.3 is 0 Å². The minimum atomic E-state index is -1.16. The number of hydrogen-bond acceptors (Lipinski definition) is 13. The number of aliphatic imine (C=N–C) groups is 3. The largest absolute Gasteiger partial charge is 0.388 e. The van der Waals surface area contributed by atoms with Crippen molar-refractivity contribution in [3.8, 4) is 0 Å². The van der Waals surface area contributed by atoms with Crippen LogP contribution in [0.1, 0.15) is 111 Å². The number of amidine groups is 1. The van der Waals surface area contributed by atoms with Crippen LogP contribution in [0.25, 0.3) is 0 Å². The molecule has 24 nitrogen and oxygen atoms in total. The highest BCUT2D eigenvalue weighted by Gasteiger charge is 2.32. The number of Topliss-reactive ketones (excluding diaryl/α,β-unsaturated/α-hetero) is 3. The Morgan fingerprint density at radius 2 is 0.955 bits per heavy atom. The number of carbonyl (C=O) groups excluding carboxylic acids is 8. The molecule has 66 heavy (non-hydrogen) atoms. The van der Waals surface area contributed by atoms with Crippen molar-refractivity contribution in [3.63, 3.8) is 0 Å². The second-order valence-electron chi connectivity index (χ2n) is 16.4. The van der Waals surface area contributed by atoms with Gasteiger partial charge in [0.15, 0.2) is 29.4 Å². The van der Waals surface area contributed by atoms with Gasteiger partial charge in [0.1, 0.15) is 11.8 Å². The molecular formula is C41H76N16O8S. The lowest BCUT2D eigenvalue weighted by Crippen LogP contribution is -2.48. The molecule has 0 aliphatic carbocycles. The normalized spacial score (nSPS) is 14.0. The number of guanidine groups is 3. The predicted molar refractivity (Wildman–Crippen MR) is 256 cm³/mol. The number of thioether (sulfide) groups is 1. The molecule has 0 aromatic rings. The van der Waals surface area contributed by atoms with E-state index in [9.17, 15) is 38.4 Å². The van der Waals surface area contributed by atoms with Crippen molar-refractivity contribution in [2.75, 3.05) is 31.3 Å². The summed E-state index contributed by atoms with van der Waals surface area (Å²) in [7, 11) is 0. The zero-order valence-electron chi connectivity index (χ0n) is 38.9. The van der Waals surface area contributed by atoms with Crippen molar-refractivity contribution in [1.29, 1.82) is 5.41 Å². The highest BCUT2D eigenvalue weighted by Crippen LogP contribution is 2.20. The maximum absolute atomic E-state index is 14.2. The second kappa shape index (κ2) is 33.5. The Balaban J connectivity index is 6.39. The standard InChI is InChI=1S/C41H76N16O8S/c1-23(18-31(59)25(3)21-66-22-54-26(4)58)36(63)55-29(13-9-17-53-41(49)50)33(61)20-27(10-7-15-51-39(45)46)38(65)56-28(12-8-16-52-40(47)48)32(60)19-24(2)37(64)57-30(35(44)62)11-5-6-14-34(42)43/h23-25,27-30H,5-22H2,1-4H3,(H3,42,43)(H2,44,62)(H,54,58)(H,55,63)(H,56,65)(H,57,64)(H4,45,46,51)(H4,47,48,52)(H4,49,50,53)/t23-,24-,25+,27-,28+,29+,30+/m0/s1. The quantitative estimate of drug-likeness (QED) is 0.0136. The number of carbonyl (C=O) groups is 8. The van der Waals surface area contributed by atoms with Crippen molar-refractivity contribution >= 4 is 82.4 Å². The molecule has 7 atom stereocenters. The van der Waals surface area contributed by atoms with Crippen LogP contribution in [-0.4, -0.2) is 120 Å². The summed E-state index contributed by atoms with van der Waals surface area (Å²) in [5.41, 5.74) is 43.9. The summed E-state index contributed by atoms with van der Waals surface area (Å²) in [6.45, 7) is 6.53. The van der Waals surface area contributed by atoms with E-state index in [1.54, 1.807) is 13.8 Å². The fraction of sp³-hybridized carbons (Fsp3) is 0.707. The average molecular weight is 953 g/mol. The lowest BCUT2D eigenvalue weighted by atomic mass is 9.90. The number of primary amides is 1.